The molecule has 0 saturated carbocycles. The summed E-state index contributed by atoms with van der Waals surface area (Å²) in [5.41, 5.74) is 2.44. The zero-order valence-corrected chi connectivity index (χ0v) is 16.0. The minimum atomic E-state index is -1.34. The molecule has 0 bridgehead atoms. The van der Waals surface area contributed by atoms with Gasteiger partial charge in [-0.3, -0.25) is 0 Å². The fourth-order valence-electron chi connectivity index (χ4n) is 2.64. The minimum absolute atomic E-state index is 0.263. The van der Waals surface area contributed by atoms with E-state index < -0.39 is 16.1 Å². The fraction of sp³-hybridized carbons (Fsp3) is 0.615. The number of nitrogens with zero attached hydrogens (tertiary/aromatic N) is 1. The molecule has 0 aliphatic carbocycles. The number of hydrogen-bond acceptors (Lipinski definition) is 1. The van der Waals surface area contributed by atoms with Gasteiger partial charge in [-0.15, -0.1) is 0 Å². The first kappa shape index (κ1) is 15.2. The quantitative estimate of drug-likeness (QED) is 0.775. The molecule has 1 heterocycles. The molecule has 0 atom stereocenters. The van der Waals surface area contributed by atoms with E-state index in [1.54, 1.807) is 0 Å². The molecule has 0 unspecified atom stereocenters. The Hall–Kier alpha value is 0.142. The van der Waals surface area contributed by atoms with E-state index in [1.807, 2.05) is 0 Å². The van der Waals surface area contributed by atoms with E-state index in [-0.39, 0.29) is 3.45 Å². The van der Waals surface area contributed by atoms with Crippen molar-refractivity contribution in [1.82, 2.24) is 4.98 Å². The van der Waals surface area contributed by atoms with Crippen LogP contribution in [0.4, 0.5) is 0 Å². The Morgan fingerprint density at radius 1 is 1.00 bits per heavy atom. The molecule has 17 heavy (non-hydrogen) atoms. The Morgan fingerprint density at radius 2 is 1.47 bits per heavy atom. The van der Waals surface area contributed by atoms with Gasteiger partial charge in [0.2, 0.25) is 0 Å². The predicted octanol–water partition coefficient (Wildman–Crippen LogP) is 3.51. The Labute approximate surface area is 117 Å². The summed E-state index contributed by atoms with van der Waals surface area (Å²) in [6.07, 6.45) is 0. The molecular formula is C13H24AsNSi2. The van der Waals surface area contributed by atoms with Crippen LogP contribution >= 0.6 is 0 Å². The van der Waals surface area contributed by atoms with Crippen LogP contribution in [0.1, 0.15) is 11.4 Å². The van der Waals surface area contributed by atoms with Crippen molar-refractivity contribution in [3.63, 3.8) is 0 Å². The fourth-order valence-corrected chi connectivity index (χ4v) is 13.7. The summed E-state index contributed by atoms with van der Waals surface area (Å²) >= 11 is 3.02. The molecule has 1 nitrogen and oxygen atoms in total. The average molecular weight is 325 g/mol. The molecular weight excluding hydrogens is 301 g/mol. The van der Waals surface area contributed by atoms with E-state index in [0.29, 0.717) is 0 Å². The van der Waals surface area contributed by atoms with Crippen LogP contribution in [0.2, 0.25) is 39.3 Å². The van der Waals surface area contributed by atoms with Gasteiger partial charge in [0, 0.05) is 0 Å². The molecule has 0 N–H and O–H groups in total. The zero-order valence-electron chi connectivity index (χ0n) is 12.1. The Bertz CT molecular complexity index is 391. The number of pyridine rings is 1. The summed E-state index contributed by atoms with van der Waals surface area (Å²) in [7, 11) is -2.68. The van der Waals surface area contributed by atoms with E-state index in [1.165, 1.54) is 5.69 Å². The maximum atomic E-state index is 4.83. The van der Waals surface area contributed by atoms with Crippen molar-refractivity contribution in [2.24, 2.45) is 0 Å². The van der Waals surface area contributed by atoms with Crippen molar-refractivity contribution in [3.05, 3.63) is 29.6 Å². The summed E-state index contributed by atoms with van der Waals surface area (Å²) in [5, 5.41) is 0. The van der Waals surface area contributed by atoms with Crippen molar-refractivity contribution in [2.75, 3.05) is 0 Å². The summed E-state index contributed by atoms with van der Waals surface area (Å²) in [5.74, 6) is 0. The first-order valence-corrected chi connectivity index (χ1v) is 14.1. The van der Waals surface area contributed by atoms with Crippen LogP contribution in [0, 0.1) is 6.92 Å². The van der Waals surface area contributed by atoms with Crippen molar-refractivity contribution in [3.8, 4) is 0 Å². The van der Waals surface area contributed by atoms with Crippen molar-refractivity contribution < 1.29 is 0 Å². The van der Waals surface area contributed by atoms with E-state index in [2.05, 4.69) is 81.3 Å². The van der Waals surface area contributed by atoms with Gasteiger partial charge in [-0.05, 0) is 0 Å². The van der Waals surface area contributed by atoms with Gasteiger partial charge in [0.15, 0.2) is 0 Å². The van der Waals surface area contributed by atoms with Gasteiger partial charge in [-0.2, -0.15) is 0 Å². The predicted molar refractivity (Wildman–Crippen MR) is 83.1 cm³/mol. The molecule has 2 radical (unpaired) electrons. The molecule has 0 amide bonds. The molecule has 0 aliphatic heterocycles. The Kier molecular flexibility index (Phi) is 4.18. The van der Waals surface area contributed by atoms with Crippen LogP contribution in [-0.4, -0.2) is 38.0 Å². The van der Waals surface area contributed by atoms with Gasteiger partial charge >= 0.3 is 117 Å². The zero-order chi connectivity index (χ0) is 13.5. The number of rotatable bonds is 3. The Morgan fingerprint density at radius 3 is 1.82 bits per heavy atom. The van der Waals surface area contributed by atoms with Gasteiger partial charge in [-0.25, -0.2) is 0 Å². The molecule has 4 heteroatoms. The molecule has 1 aromatic heterocycles. The second-order valence-electron chi connectivity index (χ2n) is 6.87. The molecule has 0 fully saturated rings. The standard InChI is InChI=1S/C13H24AsNSi2/c1-11-9-8-10-12(15-11)13(14,16(2,3)4)17(5,6)7/h8-10H,1-7H3. The average Bonchev–Trinajstić information content (AvgIpc) is 2.12. The summed E-state index contributed by atoms with van der Waals surface area (Å²) < 4.78 is 0.263. The van der Waals surface area contributed by atoms with Gasteiger partial charge in [0.25, 0.3) is 0 Å². The summed E-state index contributed by atoms with van der Waals surface area (Å²) in [6.45, 7) is 16.9. The van der Waals surface area contributed by atoms with E-state index in [4.69, 9.17) is 4.98 Å². The molecule has 0 saturated heterocycles. The summed E-state index contributed by atoms with van der Waals surface area (Å²) in [4.78, 5) is 4.83. The molecule has 1 aromatic rings. The number of aryl methyl sites for hydroxylation is 1. The Balaban J connectivity index is 3.46. The van der Waals surface area contributed by atoms with Gasteiger partial charge in [0.1, 0.15) is 0 Å². The van der Waals surface area contributed by atoms with E-state index in [0.717, 1.165) is 5.69 Å². The van der Waals surface area contributed by atoms with Gasteiger partial charge in [0.05, 0.1) is 0 Å². The van der Waals surface area contributed by atoms with Crippen molar-refractivity contribution in [1.29, 1.82) is 0 Å². The van der Waals surface area contributed by atoms with Crippen LogP contribution < -0.4 is 0 Å². The third kappa shape index (κ3) is 2.77. The molecule has 0 aromatic carbocycles. The van der Waals surface area contributed by atoms with Crippen LogP contribution in [0.3, 0.4) is 0 Å². The van der Waals surface area contributed by atoms with Gasteiger partial charge in [-0.1, -0.05) is 0 Å². The molecule has 0 aliphatic rings. The SMILES string of the molecule is Cc1cccc(C([As])([Si](C)(C)C)[Si](C)(C)C)n1. The third-order valence-electron chi connectivity index (χ3n) is 3.43. The third-order valence-corrected chi connectivity index (χ3v) is 21.7. The number of aromatic nitrogens is 1. The normalized spacial score (nSPS) is 13.9. The second-order valence-corrected chi connectivity index (χ2v) is 21.1. The van der Waals surface area contributed by atoms with Crippen LogP contribution in [0.5, 0.6) is 0 Å². The number of hydrogen-bond donors (Lipinski definition) is 0. The molecule has 94 valence electrons. The molecule has 0 spiro atoms. The first-order valence-electron chi connectivity index (χ1n) is 6.16. The van der Waals surface area contributed by atoms with Crippen LogP contribution in [0.15, 0.2) is 18.2 Å². The van der Waals surface area contributed by atoms with Crippen molar-refractivity contribution in [2.45, 2.75) is 49.7 Å². The van der Waals surface area contributed by atoms with Crippen molar-refractivity contribution >= 4 is 33.0 Å². The maximum absolute atomic E-state index is 4.83. The van der Waals surface area contributed by atoms with Crippen LogP contribution in [0.25, 0.3) is 0 Å². The molecule has 1 rings (SSSR count). The monoisotopic (exact) mass is 325 g/mol. The van der Waals surface area contributed by atoms with Crippen LogP contribution in [-0.2, 0) is 3.45 Å². The summed E-state index contributed by atoms with van der Waals surface area (Å²) in [6, 6.07) is 6.47. The first-order chi connectivity index (χ1) is 7.50. The topological polar surface area (TPSA) is 12.9 Å². The second kappa shape index (κ2) is 4.67. The van der Waals surface area contributed by atoms with E-state index >= 15 is 0 Å². The van der Waals surface area contributed by atoms with E-state index in [9.17, 15) is 0 Å². The van der Waals surface area contributed by atoms with Gasteiger partial charge < -0.3 is 0 Å².